The van der Waals surface area contributed by atoms with Crippen LogP contribution in [0.25, 0.3) is 21.9 Å². The average molecular weight is 743 g/mol. The second kappa shape index (κ2) is 15.5. The highest BCUT2D eigenvalue weighted by molar-refractivity contribution is 6.06. The minimum Gasteiger partial charge on any atom is -0.456 e. The van der Waals surface area contributed by atoms with Crippen LogP contribution in [0.4, 0.5) is 34.1 Å². The van der Waals surface area contributed by atoms with Gasteiger partial charge in [-0.05, 0) is 127 Å². The van der Waals surface area contributed by atoms with Crippen molar-refractivity contribution in [3.8, 4) is 0 Å². The molecular weight excluding hydrogens is 693 g/mol. The zero-order valence-corrected chi connectivity index (χ0v) is 32.7. The molecule has 0 radical (unpaired) electrons. The van der Waals surface area contributed by atoms with Gasteiger partial charge in [-0.25, -0.2) is 0 Å². The van der Waals surface area contributed by atoms with Crippen molar-refractivity contribution < 1.29 is 4.42 Å². The van der Waals surface area contributed by atoms with Crippen molar-refractivity contribution in [1.29, 1.82) is 0 Å². The fourth-order valence-corrected chi connectivity index (χ4v) is 9.99. The van der Waals surface area contributed by atoms with Gasteiger partial charge in [0.25, 0.3) is 0 Å². The van der Waals surface area contributed by atoms with E-state index in [1.807, 2.05) is 12.1 Å². The summed E-state index contributed by atoms with van der Waals surface area (Å²) in [7, 11) is 0. The molecule has 1 aromatic heterocycles. The van der Waals surface area contributed by atoms with Gasteiger partial charge in [0.15, 0.2) is 0 Å². The molecule has 0 amide bonds. The number of benzene rings is 7. The van der Waals surface area contributed by atoms with Crippen molar-refractivity contribution in [2.45, 2.75) is 75.5 Å². The van der Waals surface area contributed by atoms with E-state index >= 15 is 0 Å². The molecule has 10 rings (SSSR count). The summed E-state index contributed by atoms with van der Waals surface area (Å²) in [4.78, 5) is 4.76. The SMILES string of the molecule is c1ccc(N(c2ccc(C3CCCCC3)cc2)c2ccc(C3(c4ccc(N(c5ccccc5)c5ccc6c(c5)oc5ccccc56)cc4)CCCCC3)cc2)cc1. The number of hydrogen-bond acceptors (Lipinski definition) is 3. The molecule has 1 heterocycles. The highest BCUT2D eigenvalue weighted by Gasteiger charge is 2.36. The van der Waals surface area contributed by atoms with Crippen molar-refractivity contribution in [1.82, 2.24) is 0 Å². The Morgan fingerprint density at radius 2 is 0.842 bits per heavy atom. The van der Waals surface area contributed by atoms with Crippen LogP contribution in [0.2, 0.25) is 0 Å². The highest BCUT2D eigenvalue weighted by atomic mass is 16.3. The molecule has 2 aliphatic carbocycles. The van der Waals surface area contributed by atoms with E-state index in [0.29, 0.717) is 5.92 Å². The smallest absolute Gasteiger partial charge is 0.137 e. The quantitative estimate of drug-likeness (QED) is 0.147. The molecule has 2 saturated carbocycles. The Balaban J connectivity index is 0.986. The standard InChI is InChI=1S/C54H50N2O/c1-5-15-40(16-6-1)41-23-29-46(30-24-41)55(44-17-7-2-8-18-44)47-31-25-42(26-32-47)54(37-13-4-14-38-54)43-27-33-48(34-28-43)56(45-19-9-3-10-20-45)49-35-36-51-50-21-11-12-22-52(50)57-53(51)39-49/h2-3,7-12,17-36,39-40H,1,4-6,13-16,37-38H2. The average Bonchev–Trinajstić information content (AvgIpc) is 3.67. The zero-order chi connectivity index (χ0) is 38.0. The summed E-state index contributed by atoms with van der Waals surface area (Å²) in [6, 6.07) is 64.8. The van der Waals surface area contributed by atoms with Crippen LogP contribution < -0.4 is 9.80 Å². The molecule has 7 aromatic carbocycles. The zero-order valence-electron chi connectivity index (χ0n) is 32.7. The number of furan rings is 1. The van der Waals surface area contributed by atoms with E-state index in [-0.39, 0.29) is 5.41 Å². The maximum atomic E-state index is 6.35. The lowest BCUT2D eigenvalue weighted by molar-refractivity contribution is 0.346. The third-order valence-electron chi connectivity index (χ3n) is 12.9. The lowest BCUT2D eigenvalue weighted by Crippen LogP contribution is -2.30. The maximum absolute atomic E-state index is 6.35. The first-order chi connectivity index (χ1) is 28.2. The third kappa shape index (κ3) is 6.80. The van der Waals surface area contributed by atoms with Crippen molar-refractivity contribution in [3.63, 3.8) is 0 Å². The first-order valence-corrected chi connectivity index (χ1v) is 21.2. The molecule has 8 aromatic rings. The summed E-state index contributed by atoms with van der Waals surface area (Å²) in [5.41, 5.74) is 13.0. The van der Waals surface area contributed by atoms with Crippen molar-refractivity contribution in [3.05, 3.63) is 193 Å². The molecule has 0 aliphatic heterocycles. The number of hydrogen-bond donors (Lipinski definition) is 0. The van der Waals surface area contributed by atoms with Crippen molar-refractivity contribution in [2.75, 3.05) is 9.80 Å². The molecule has 3 heteroatoms. The van der Waals surface area contributed by atoms with Crippen molar-refractivity contribution in [2.24, 2.45) is 0 Å². The molecule has 2 aliphatic rings. The topological polar surface area (TPSA) is 19.6 Å². The van der Waals surface area contributed by atoms with Crippen LogP contribution in [0.3, 0.4) is 0 Å². The molecular formula is C54H50N2O. The van der Waals surface area contributed by atoms with Crippen LogP contribution in [0, 0.1) is 0 Å². The summed E-state index contributed by atoms with van der Waals surface area (Å²) in [6.07, 6.45) is 12.8. The van der Waals surface area contributed by atoms with Crippen LogP contribution in [0.15, 0.2) is 180 Å². The Bertz CT molecular complexity index is 2560. The Kier molecular flexibility index (Phi) is 9.60. The summed E-state index contributed by atoms with van der Waals surface area (Å²) in [6.45, 7) is 0. The summed E-state index contributed by atoms with van der Waals surface area (Å²) >= 11 is 0. The Hall–Kier alpha value is -6.06. The molecule has 0 bridgehead atoms. The molecule has 57 heavy (non-hydrogen) atoms. The summed E-state index contributed by atoms with van der Waals surface area (Å²) in [5, 5.41) is 2.29. The summed E-state index contributed by atoms with van der Waals surface area (Å²) < 4.78 is 6.35. The molecule has 0 N–H and O–H groups in total. The largest absolute Gasteiger partial charge is 0.456 e. The van der Waals surface area contributed by atoms with Crippen molar-refractivity contribution >= 4 is 56.1 Å². The second-order valence-electron chi connectivity index (χ2n) is 16.3. The van der Waals surface area contributed by atoms with Crippen LogP contribution in [0.1, 0.15) is 86.8 Å². The maximum Gasteiger partial charge on any atom is 0.137 e. The predicted octanol–water partition coefficient (Wildman–Crippen LogP) is 15.8. The van der Waals surface area contributed by atoms with Gasteiger partial charge in [-0.3, -0.25) is 0 Å². The van der Waals surface area contributed by atoms with Gasteiger partial charge < -0.3 is 14.2 Å². The van der Waals surface area contributed by atoms with Crippen LogP contribution >= 0.6 is 0 Å². The van der Waals surface area contributed by atoms with E-state index in [9.17, 15) is 0 Å². The Morgan fingerprint density at radius 3 is 1.44 bits per heavy atom. The molecule has 0 saturated heterocycles. The van der Waals surface area contributed by atoms with E-state index in [0.717, 1.165) is 51.8 Å². The van der Waals surface area contributed by atoms with E-state index in [2.05, 4.69) is 174 Å². The van der Waals surface area contributed by atoms with Crippen LogP contribution in [0.5, 0.6) is 0 Å². The number of anilines is 6. The highest BCUT2D eigenvalue weighted by Crippen LogP contribution is 2.47. The van der Waals surface area contributed by atoms with E-state index < -0.39 is 0 Å². The molecule has 3 nitrogen and oxygen atoms in total. The number of rotatable bonds is 9. The number of para-hydroxylation sites is 3. The third-order valence-corrected chi connectivity index (χ3v) is 12.9. The molecule has 0 atom stereocenters. The number of nitrogens with zero attached hydrogens (tertiary/aromatic N) is 2. The van der Waals surface area contributed by atoms with Gasteiger partial charge in [0.2, 0.25) is 0 Å². The van der Waals surface area contributed by atoms with Gasteiger partial charge in [-0.1, -0.05) is 130 Å². The fraction of sp³-hybridized carbons (Fsp3) is 0.222. The minimum atomic E-state index is -0.0285. The Labute approximate surface area is 337 Å². The van der Waals surface area contributed by atoms with Gasteiger partial charge in [-0.2, -0.15) is 0 Å². The normalized spacial score (nSPS) is 15.8. The molecule has 282 valence electrons. The van der Waals surface area contributed by atoms with Gasteiger partial charge in [0, 0.05) is 56.4 Å². The monoisotopic (exact) mass is 742 g/mol. The Morgan fingerprint density at radius 1 is 0.386 bits per heavy atom. The predicted molar refractivity (Wildman–Crippen MR) is 239 cm³/mol. The van der Waals surface area contributed by atoms with E-state index in [1.165, 1.54) is 85.1 Å². The lowest BCUT2D eigenvalue weighted by atomic mass is 9.65. The fourth-order valence-electron chi connectivity index (χ4n) is 9.99. The summed E-state index contributed by atoms with van der Waals surface area (Å²) in [5.74, 6) is 0.700. The van der Waals surface area contributed by atoms with Crippen LogP contribution in [-0.4, -0.2) is 0 Å². The van der Waals surface area contributed by atoms with Gasteiger partial charge in [0.1, 0.15) is 11.2 Å². The van der Waals surface area contributed by atoms with Gasteiger partial charge in [0.05, 0.1) is 0 Å². The second-order valence-corrected chi connectivity index (χ2v) is 16.3. The van der Waals surface area contributed by atoms with Crippen LogP contribution in [-0.2, 0) is 5.41 Å². The first-order valence-electron chi connectivity index (χ1n) is 21.2. The van der Waals surface area contributed by atoms with Gasteiger partial charge in [-0.15, -0.1) is 0 Å². The van der Waals surface area contributed by atoms with E-state index in [4.69, 9.17) is 4.42 Å². The minimum absolute atomic E-state index is 0.0285. The molecule has 0 unspecified atom stereocenters. The van der Waals surface area contributed by atoms with Gasteiger partial charge >= 0.3 is 0 Å². The first kappa shape index (κ1) is 35.4. The number of fused-ring (bicyclic) bond motifs is 3. The van der Waals surface area contributed by atoms with E-state index in [1.54, 1.807) is 0 Å². The molecule has 2 fully saturated rings. The lowest BCUT2D eigenvalue weighted by Gasteiger charge is -2.39. The molecule has 0 spiro atoms.